The Morgan fingerprint density at radius 1 is 1.52 bits per heavy atom. The first kappa shape index (κ1) is 16.0. The van der Waals surface area contributed by atoms with E-state index in [1.807, 2.05) is 32.0 Å². The van der Waals surface area contributed by atoms with Gasteiger partial charge in [-0.25, -0.2) is 9.97 Å². The van der Waals surface area contributed by atoms with E-state index >= 15 is 0 Å². The number of guanidine groups is 1. The predicted molar refractivity (Wildman–Crippen MR) is 93.7 cm³/mol. The number of aryl methyl sites for hydroxylation is 1. The van der Waals surface area contributed by atoms with E-state index in [1.54, 1.807) is 11.3 Å². The van der Waals surface area contributed by atoms with Gasteiger partial charge >= 0.3 is 0 Å². The van der Waals surface area contributed by atoms with Gasteiger partial charge in [-0.1, -0.05) is 6.92 Å². The lowest BCUT2D eigenvalue weighted by atomic mass is 9.93. The second-order valence-electron chi connectivity index (χ2n) is 6.05. The number of imidazole rings is 1. The molecule has 124 valence electrons. The molecule has 2 aromatic rings. The number of thiazole rings is 1. The van der Waals surface area contributed by atoms with Crippen molar-refractivity contribution < 1.29 is 0 Å². The molecule has 7 heteroatoms. The molecule has 0 radical (unpaired) electrons. The van der Waals surface area contributed by atoms with Gasteiger partial charge in [-0.3, -0.25) is 4.99 Å². The van der Waals surface area contributed by atoms with Crippen LogP contribution in [0.1, 0.15) is 30.0 Å². The Balaban J connectivity index is 1.65. The zero-order valence-electron chi connectivity index (χ0n) is 13.9. The van der Waals surface area contributed by atoms with Gasteiger partial charge in [-0.2, -0.15) is 0 Å². The van der Waals surface area contributed by atoms with E-state index in [0.29, 0.717) is 12.0 Å². The molecule has 6 nitrogen and oxygen atoms in total. The zero-order valence-corrected chi connectivity index (χ0v) is 14.8. The van der Waals surface area contributed by atoms with Gasteiger partial charge in [-0.15, -0.1) is 11.3 Å². The molecule has 0 aromatic carbocycles. The maximum absolute atomic E-state index is 4.47. The molecule has 1 aliphatic heterocycles. The summed E-state index contributed by atoms with van der Waals surface area (Å²) in [4.78, 5) is 16.6. The molecule has 1 saturated heterocycles. The van der Waals surface area contributed by atoms with Crippen molar-refractivity contribution in [3.05, 3.63) is 34.8 Å². The molecule has 3 heterocycles. The van der Waals surface area contributed by atoms with E-state index in [0.717, 1.165) is 37.7 Å². The van der Waals surface area contributed by atoms with Crippen LogP contribution in [0.4, 0.5) is 0 Å². The largest absolute Gasteiger partial charge is 0.351 e. The molecule has 1 N–H and O–H groups in total. The molecule has 2 atom stereocenters. The van der Waals surface area contributed by atoms with E-state index in [9.17, 15) is 0 Å². The molecule has 3 rings (SSSR count). The molecular formula is C16H24N6S. The number of rotatable bonds is 3. The van der Waals surface area contributed by atoms with Gasteiger partial charge in [0.2, 0.25) is 0 Å². The lowest BCUT2D eigenvalue weighted by molar-refractivity contribution is 0.189. The van der Waals surface area contributed by atoms with Crippen LogP contribution in [0.3, 0.4) is 0 Å². The molecule has 0 spiro atoms. The normalized spacial score (nSPS) is 22.4. The standard InChI is InChI=1S/C16H24N6S/c1-12-4-6-21(9-14(12)22-7-5-18-10-22)16(17-3)19-8-15-13(2)20-11-23-15/h5,7,10-12,14H,4,6,8-9H2,1-3H3,(H,17,19). The summed E-state index contributed by atoms with van der Waals surface area (Å²) < 4.78 is 2.22. The maximum atomic E-state index is 4.47. The van der Waals surface area contributed by atoms with Gasteiger partial charge in [0.1, 0.15) is 0 Å². The van der Waals surface area contributed by atoms with Crippen molar-refractivity contribution in [3.8, 4) is 0 Å². The van der Waals surface area contributed by atoms with Crippen molar-refractivity contribution in [3.63, 3.8) is 0 Å². The first-order chi connectivity index (χ1) is 11.2. The molecule has 0 aliphatic carbocycles. The summed E-state index contributed by atoms with van der Waals surface area (Å²) >= 11 is 1.69. The number of likely N-dealkylation sites (tertiary alicyclic amines) is 1. The fourth-order valence-corrected chi connectivity index (χ4v) is 3.80. The van der Waals surface area contributed by atoms with Crippen molar-refractivity contribution in [2.45, 2.75) is 32.9 Å². The first-order valence-corrected chi connectivity index (χ1v) is 8.89. The van der Waals surface area contributed by atoms with Crippen LogP contribution in [0.2, 0.25) is 0 Å². The highest BCUT2D eigenvalue weighted by Crippen LogP contribution is 2.27. The number of piperidine rings is 1. The number of nitrogens with zero attached hydrogens (tertiary/aromatic N) is 5. The van der Waals surface area contributed by atoms with Gasteiger partial charge in [-0.05, 0) is 19.3 Å². The Labute approximate surface area is 141 Å². The number of aliphatic imine (C=N–C) groups is 1. The summed E-state index contributed by atoms with van der Waals surface area (Å²) in [6, 6.07) is 0.440. The number of nitrogens with one attached hydrogen (secondary N) is 1. The lowest BCUT2D eigenvalue weighted by Crippen LogP contribution is -2.48. The minimum Gasteiger partial charge on any atom is -0.351 e. The minimum atomic E-state index is 0.440. The Bertz CT molecular complexity index is 647. The van der Waals surface area contributed by atoms with Crippen LogP contribution < -0.4 is 5.32 Å². The number of hydrogen-bond donors (Lipinski definition) is 1. The van der Waals surface area contributed by atoms with Crippen molar-refractivity contribution in [1.82, 2.24) is 24.8 Å². The lowest BCUT2D eigenvalue weighted by Gasteiger charge is -2.39. The molecule has 0 amide bonds. The smallest absolute Gasteiger partial charge is 0.194 e. The molecule has 23 heavy (non-hydrogen) atoms. The van der Waals surface area contributed by atoms with E-state index in [2.05, 4.69) is 42.9 Å². The SMILES string of the molecule is CN=C(NCc1scnc1C)N1CCC(C)C(n2ccnc2)C1. The van der Waals surface area contributed by atoms with Gasteiger partial charge in [0.05, 0.1) is 30.1 Å². The summed E-state index contributed by atoms with van der Waals surface area (Å²) in [5.41, 5.74) is 2.99. The Morgan fingerprint density at radius 3 is 3.04 bits per heavy atom. The highest BCUT2D eigenvalue weighted by Gasteiger charge is 2.28. The molecule has 0 bridgehead atoms. The third-order valence-corrected chi connectivity index (χ3v) is 5.52. The molecule has 2 unspecified atom stereocenters. The van der Waals surface area contributed by atoms with E-state index in [-0.39, 0.29) is 0 Å². The molecule has 2 aromatic heterocycles. The van der Waals surface area contributed by atoms with E-state index < -0.39 is 0 Å². The zero-order chi connectivity index (χ0) is 16.2. The van der Waals surface area contributed by atoms with Crippen LogP contribution in [-0.4, -0.2) is 45.5 Å². The summed E-state index contributed by atoms with van der Waals surface area (Å²) in [6.07, 6.45) is 6.98. The monoisotopic (exact) mass is 332 g/mol. The summed E-state index contributed by atoms with van der Waals surface area (Å²) in [6.45, 7) is 7.14. The average molecular weight is 332 g/mol. The molecule has 1 fully saturated rings. The summed E-state index contributed by atoms with van der Waals surface area (Å²) in [5, 5.41) is 3.48. The third kappa shape index (κ3) is 3.55. The van der Waals surface area contributed by atoms with Crippen molar-refractivity contribution in [2.24, 2.45) is 10.9 Å². The van der Waals surface area contributed by atoms with Crippen LogP contribution in [0.25, 0.3) is 0 Å². The van der Waals surface area contributed by atoms with Crippen molar-refractivity contribution >= 4 is 17.3 Å². The molecular weight excluding hydrogens is 308 g/mol. The van der Waals surface area contributed by atoms with E-state index in [4.69, 9.17) is 0 Å². The van der Waals surface area contributed by atoms with Gasteiger partial charge in [0, 0.05) is 37.4 Å². The van der Waals surface area contributed by atoms with E-state index in [1.165, 1.54) is 4.88 Å². The van der Waals surface area contributed by atoms with Crippen LogP contribution in [0.5, 0.6) is 0 Å². The molecule has 1 aliphatic rings. The highest BCUT2D eigenvalue weighted by molar-refractivity contribution is 7.09. The van der Waals surface area contributed by atoms with Crippen molar-refractivity contribution in [1.29, 1.82) is 0 Å². The van der Waals surface area contributed by atoms with Crippen LogP contribution in [-0.2, 0) is 6.54 Å². The second-order valence-corrected chi connectivity index (χ2v) is 6.99. The van der Waals surface area contributed by atoms with Crippen LogP contribution in [0, 0.1) is 12.8 Å². The number of aromatic nitrogens is 3. The number of hydrogen-bond acceptors (Lipinski definition) is 4. The van der Waals surface area contributed by atoms with Crippen molar-refractivity contribution in [2.75, 3.05) is 20.1 Å². The van der Waals surface area contributed by atoms with Gasteiger partial charge in [0.15, 0.2) is 5.96 Å². The Kier molecular flexibility index (Phi) is 4.95. The fourth-order valence-electron chi connectivity index (χ4n) is 3.08. The average Bonchev–Trinajstić information content (AvgIpc) is 3.21. The Hall–Kier alpha value is -1.89. The third-order valence-electron chi connectivity index (χ3n) is 4.59. The Morgan fingerprint density at radius 2 is 2.39 bits per heavy atom. The summed E-state index contributed by atoms with van der Waals surface area (Å²) in [5.74, 6) is 1.61. The van der Waals surface area contributed by atoms with Gasteiger partial charge < -0.3 is 14.8 Å². The quantitative estimate of drug-likeness (QED) is 0.692. The molecule has 0 saturated carbocycles. The fraction of sp³-hybridized carbons (Fsp3) is 0.562. The topological polar surface area (TPSA) is 58.3 Å². The van der Waals surface area contributed by atoms with Crippen LogP contribution in [0.15, 0.2) is 29.2 Å². The van der Waals surface area contributed by atoms with Gasteiger partial charge in [0.25, 0.3) is 0 Å². The van der Waals surface area contributed by atoms with Crippen LogP contribution >= 0.6 is 11.3 Å². The summed E-state index contributed by atoms with van der Waals surface area (Å²) in [7, 11) is 1.85. The maximum Gasteiger partial charge on any atom is 0.194 e. The highest BCUT2D eigenvalue weighted by atomic mass is 32.1. The first-order valence-electron chi connectivity index (χ1n) is 8.01. The predicted octanol–water partition coefficient (Wildman–Crippen LogP) is 2.31. The minimum absolute atomic E-state index is 0.440. The second kappa shape index (κ2) is 7.12.